The Morgan fingerprint density at radius 3 is 2.43 bits per heavy atom. The van der Waals surface area contributed by atoms with Crippen LogP contribution < -0.4 is 5.32 Å². The van der Waals surface area contributed by atoms with Gasteiger partial charge in [-0.25, -0.2) is 0 Å². The SMILES string of the molecule is CNC(=O)[C@@H](C)N(Cc1ccc(Cl)cc1Cl)C(=O)CCSc1ccc(C)cc1. The van der Waals surface area contributed by atoms with E-state index >= 15 is 0 Å². The number of nitrogens with one attached hydrogen (secondary N) is 1. The summed E-state index contributed by atoms with van der Waals surface area (Å²) in [5.74, 6) is 0.319. The molecule has 28 heavy (non-hydrogen) atoms. The molecule has 0 spiro atoms. The van der Waals surface area contributed by atoms with Crippen LogP contribution in [0.2, 0.25) is 10.0 Å². The molecule has 0 bridgehead atoms. The van der Waals surface area contributed by atoms with Gasteiger partial charge in [-0.2, -0.15) is 0 Å². The predicted octanol–water partition coefficient (Wildman–Crippen LogP) is 4.95. The van der Waals surface area contributed by atoms with Gasteiger partial charge in [0, 0.05) is 40.7 Å². The summed E-state index contributed by atoms with van der Waals surface area (Å²) in [6, 6.07) is 12.7. The normalized spacial score (nSPS) is 11.8. The van der Waals surface area contributed by atoms with Crippen LogP contribution in [0.4, 0.5) is 0 Å². The summed E-state index contributed by atoms with van der Waals surface area (Å²) in [4.78, 5) is 27.7. The molecular weight excluding hydrogens is 415 g/mol. The Labute approximate surface area is 180 Å². The summed E-state index contributed by atoms with van der Waals surface area (Å²) in [6.07, 6.45) is 0.324. The molecule has 2 aromatic rings. The molecule has 7 heteroatoms. The average Bonchev–Trinajstić information content (AvgIpc) is 2.67. The molecular formula is C21H24Cl2N2O2S. The number of benzene rings is 2. The Hall–Kier alpha value is -1.69. The quantitative estimate of drug-likeness (QED) is 0.593. The van der Waals surface area contributed by atoms with Gasteiger partial charge in [0.2, 0.25) is 11.8 Å². The lowest BCUT2D eigenvalue weighted by Crippen LogP contribution is -2.46. The van der Waals surface area contributed by atoms with Gasteiger partial charge in [-0.1, -0.05) is 47.0 Å². The molecule has 2 amide bonds. The number of amides is 2. The maximum atomic E-state index is 12.9. The molecule has 1 N–H and O–H groups in total. The van der Waals surface area contributed by atoms with Crippen LogP contribution in [0.3, 0.4) is 0 Å². The first-order chi connectivity index (χ1) is 13.3. The molecule has 0 aromatic heterocycles. The van der Waals surface area contributed by atoms with Gasteiger partial charge in [-0.15, -0.1) is 11.8 Å². The van der Waals surface area contributed by atoms with Crippen molar-refractivity contribution < 1.29 is 9.59 Å². The van der Waals surface area contributed by atoms with Crippen LogP contribution in [0.1, 0.15) is 24.5 Å². The van der Waals surface area contributed by atoms with Gasteiger partial charge in [-0.05, 0) is 43.7 Å². The molecule has 0 unspecified atom stereocenters. The van der Waals surface area contributed by atoms with Crippen molar-refractivity contribution in [2.45, 2.75) is 37.8 Å². The van der Waals surface area contributed by atoms with Crippen molar-refractivity contribution in [1.82, 2.24) is 10.2 Å². The average molecular weight is 439 g/mol. The molecule has 0 aliphatic carbocycles. The van der Waals surface area contributed by atoms with E-state index in [1.807, 2.05) is 31.2 Å². The van der Waals surface area contributed by atoms with E-state index in [1.54, 1.807) is 48.8 Å². The van der Waals surface area contributed by atoms with Gasteiger partial charge in [-0.3, -0.25) is 9.59 Å². The van der Waals surface area contributed by atoms with Crippen molar-refractivity contribution in [3.05, 3.63) is 63.6 Å². The third-order valence-corrected chi connectivity index (χ3v) is 5.98. The van der Waals surface area contributed by atoms with E-state index in [-0.39, 0.29) is 18.4 Å². The Morgan fingerprint density at radius 2 is 1.82 bits per heavy atom. The molecule has 0 aliphatic heterocycles. The number of likely N-dealkylation sites (N-methyl/N-ethyl adjacent to an activating group) is 1. The number of aryl methyl sites for hydroxylation is 1. The molecule has 0 fully saturated rings. The summed E-state index contributed by atoms with van der Waals surface area (Å²) in [7, 11) is 1.56. The van der Waals surface area contributed by atoms with E-state index in [1.165, 1.54) is 5.56 Å². The van der Waals surface area contributed by atoms with Gasteiger partial charge < -0.3 is 10.2 Å². The summed E-state index contributed by atoms with van der Waals surface area (Å²) >= 11 is 13.8. The third-order valence-electron chi connectivity index (χ3n) is 4.38. The number of thioether (sulfide) groups is 1. The fraction of sp³-hybridized carbons (Fsp3) is 0.333. The number of hydrogen-bond donors (Lipinski definition) is 1. The first-order valence-corrected chi connectivity index (χ1v) is 10.7. The lowest BCUT2D eigenvalue weighted by Gasteiger charge is -2.28. The number of hydrogen-bond acceptors (Lipinski definition) is 3. The fourth-order valence-corrected chi connectivity index (χ4v) is 3.97. The van der Waals surface area contributed by atoms with Crippen molar-refractivity contribution in [1.29, 1.82) is 0 Å². The van der Waals surface area contributed by atoms with E-state index < -0.39 is 6.04 Å². The maximum absolute atomic E-state index is 12.9. The van der Waals surface area contributed by atoms with Crippen molar-refractivity contribution in [2.75, 3.05) is 12.8 Å². The second kappa shape index (κ2) is 10.7. The molecule has 150 valence electrons. The van der Waals surface area contributed by atoms with Crippen molar-refractivity contribution >= 4 is 46.8 Å². The number of carbonyl (C=O) groups is 2. The van der Waals surface area contributed by atoms with E-state index in [2.05, 4.69) is 5.32 Å². The van der Waals surface area contributed by atoms with Gasteiger partial charge in [0.05, 0.1) is 0 Å². The molecule has 0 saturated heterocycles. The Morgan fingerprint density at radius 1 is 1.14 bits per heavy atom. The minimum Gasteiger partial charge on any atom is -0.357 e. The molecule has 2 rings (SSSR count). The summed E-state index contributed by atoms with van der Waals surface area (Å²) in [6.45, 7) is 4.00. The fourth-order valence-electron chi connectivity index (χ4n) is 2.66. The van der Waals surface area contributed by atoms with E-state index in [0.717, 1.165) is 10.5 Å². The molecule has 2 aromatic carbocycles. The highest BCUT2D eigenvalue weighted by atomic mass is 35.5. The second-order valence-electron chi connectivity index (χ2n) is 6.46. The predicted molar refractivity (Wildman–Crippen MR) is 117 cm³/mol. The lowest BCUT2D eigenvalue weighted by molar-refractivity contribution is -0.140. The highest BCUT2D eigenvalue weighted by Gasteiger charge is 2.25. The van der Waals surface area contributed by atoms with Crippen LogP contribution in [0.5, 0.6) is 0 Å². The largest absolute Gasteiger partial charge is 0.357 e. The minimum absolute atomic E-state index is 0.0956. The maximum Gasteiger partial charge on any atom is 0.242 e. The number of halogens is 2. The number of carbonyl (C=O) groups excluding carboxylic acids is 2. The Balaban J connectivity index is 2.07. The molecule has 0 heterocycles. The first kappa shape index (κ1) is 22.6. The zero-order valence-corrected chi connectivity index (χ0v) is 18.5. The topological polar surface area (TPSA) is 49.4 Å². The van der Waals surface area contributed by atoms with Crippen LogP contribution in [0.25, 0.3) is 0 Å². The zero-order valence-electron chi connectivity index (χ0n) is 16.2. The van der Waals surface area contributed by atoms with Crippen LogP contribution in [-0.4, -0.2) is 35.6 Å². The highest BCUT2D eigenvalue weighted by molar-refractivity contribution is 7.99. The molecule has 0 radical (unpaired) electrons. The monoisotopic (exact) mass is 438 g/mol. The zero-order chi connectivity index (χ0) is 20.7. The van der Waals surface area contributed by atoms with Crippen LogP contribution >= 0.6 is 35.0 Å². The molecule has 0 aliphatic rings. The van der Waals surface area contributed by atoms with Crippen LogP contribution in [0, 0.1) is 6.92 Å². The lowest BCUT2D eigenvalue weighted by atomic mass is 10.1. The highest BCUT2D eigenvalue weighted by Crippen LogP contribution is 2.24. The first-order valence-electron chi connectivity index (χ1n) is 8.96. The number of rotatable bonds is 8. The van der Waals surface area contributed by atoms with Crippen LogP contribution in [0.15, 0.2) is 47.4 Å². The molecule has 1 atom stereocenters. The summed E-state index contributed by atoms with van der Waals surface area (Å²) in [5.41, 5.74) is 1.95. The van der Waals surface area contributed by atoms with Crippen molar-refractivity contribution in [3.8, 4) is 0 Å². The van der Waals surface area contributed by atoms with Crippen molar-refractivity contribution in [3.63, 3.8) is 0 Å². The van der Waals surface area contributed by atoms with Gasteiger partial charge in [0.25, 0.3) is 0 Å². The Kier molecular flexibility index (Phi) is 8.67. The minimum atomic E-state index is -0.603. The number of nitrogens with zero attached hydrogens (tertiary/aromatic N) is 1. The van der Waals surface area contributed by atoms with Gasteiger partial charge >= 0.3 is 0 Å². The summed E-state index contributed by atoms with van der Waals surface area (Å²) < 4.78 is 0. The third kappa shape index (κ3) is 6.43. The van der Waals surface area contributed by atoms with Gasteiger partial charge in [0.15, 0.2) is 0 Å². The standard InChI is InChI=1S/C21H24Cl2N2O2S/c1-14-4-8-18(9-5-14)28-11-10-20(26)25(15(2)21(27)24-3)13-16-6-7-17(22)12-19(16)23/h4-9,12,15H,10-11,13H2,1-3H3,(H,24,27)/t15-/m1/s1. The van der Waals surface area contributed by atoms with Crippen molar-refractivity contribution in [2.24, 2.45) is 0 Å². The van der Waals surface area contributed by atoms with E-state index in [0.29, 0.717) is 22.2 Å². The van der Waals surface area contributed by atoms with Gasteiger partial charge in [0.1, 0.15) is 6.04 Å². The smallest absolute Gasteiger partial charge is 0.242 e. The molecule has 0 saturated carbocycles. The second-order valence-corrected chi connectivity index (χ2v) is 8.47. The summed E-state index contributed by atoms with van der Waals surface area (Å²) in [5, 5.41) is 3.61. The van der Waals surface area contributed by atoms with Crippen LogP contribution in [-0.2, 0) is 16.1 Å². The van der Waals surface area contributed by atoms with E-state index in [9.17, 15) is 9.59 Å². The Bertz CT molecular complexity index is 828. The van der Waals surface area contributed by atoms with E-state index in [4.69, 9.17) is 23.2 Å². The molecule has 4 nitrogen and oxygen atoms in total.